The van der Waals surface area contributed by atoms with E-state index in [1.165, 1.54) is 6.42 Å². The monoisotopic (exact) mass is 639 g/mol. The van der Waals surface area contributed by atoms with E-state index in [2.05, 4.69) is 46.7 Å². The molecule has 0 aromatic heterocycles. The predicted molar refractivity (Wildman–Crippen MR) is 175 cm³/mol. The summed E-state index contributed by atoms with van der Waals surface area (Å²) in [5.41, 5.74) is 0. The van der Waals surface area contributed by atoms with Gasteiger partial charge in [-0.2, -0.15) is 0 Å². The van der Waals surface area contributed by atoms with Gasteiger partial charge in [-0.05, 0) is 85.7 Å². The van der Waals surface area contributed by atoms with Crippen molar-refractivity contribution in [2.75, 3.05) is 14.1 Å². The minimum atomic E-state index is -0.846. The highest BCUT2D eigenvalue weighted by Crippen LogP contribution is 2.38. The van der Waals surface area contributed by atoms with E-state index in [0.29, 0.717) is 12.5 Å². The molecule has 9 heteroatoms. The molecule has 0 aromatic carbocycles. The van der Waals surface area contributed by atoms with E-state index in [1.54, 1.807) is 6.92 Å². The Hall–Kier alpha value is -1.26. The van der Waals surface area contributed by atoms with Crippen molar-refractivity contribution in [2.24, 2.45) is 29.6 Å². The quantitative estimate of drug-likeness (QED) is 0.172. The zero-order valence-electron chi connectivity index (χ0n) is 29.7. The first-order chi connectivity index (χ1) is 21.3. The maximum absolute atomic E-state index is 13.4. The molecule has 3 saturated heterocycles. The molecule has 14 atom stereocenters. The van der Waals surface area contributed by atoms with E-state index in [-0.39, 0.29) is 66.5 Å². The summed E-state index contributed by atoms with van der Waals surface area (Å²) in [5, 5.41) is 20.8. The van der Waals surface area contributed by atoms with Crippen molar-refractivity contribution in [3.8, 4) is 0 Å². The number of esters is 1. The highest BCUT2D eigenvalue weighted by atomic mass is 16.6. The van der Waals surface area contributed by atoms with Gasteiger partial charge in [-0.1, -0.05) is 47.5 Å². The molecular weight excluding hydrogens is 574 g/mol. The molecule has 2 N–H and O–H groups in total. The maximum atomic E-state index is 13.4. The number of carboxylic acids is 1. The van der Waals surface area contributed by atoms with E-state index in [0.717, 1.165) is 57.8 Å². The fourth-order valence-electron chi connectivity index (χ4n) is 7.84. The molecule has 0 radical (unpaired) electrons. The van der Waals surface area contributed by atoms with Crippen LogP contribution in [-0.4, -0.2) is 96.0 Å². The van der Waals surface area contributed by atoms with Crippen LogP contribution < -0.4 is 0 Å². The largest absolute Gasteiger partial charge is 0.481 e. The number of aliphatic hydroxyl groups excluding tert-OH is 1. The van der Waals surface area contributed by atoms with E-state index in [4.69, 9.17) is 18.9 Å². The van der Waals surface area contributed by atoms with E-state index >= 15 is 0 Å². The Balaban J connectivity index is 1.49. The van der Waals surface area contributed by atoms with Crippen molar-refractivity contribution in [2.45, 2.75) is 174 Å². The third kappa shape index (κ3) is 10.1. The molecule has 0 unspecified atom stereocenters. The summed E-state index contributed by atoms with van der Waals surface area (Å²) in [5.74, 6) is -2.17. The molecule has 0 bridgehead atoms. The number of hydrogen-bond acceptors (Lipinski definition) is 8. The van der Waals surface area contributed by atoms with Gasteiger partial charge in [0, 0.05) is 23.8 Å². The number of nitrogens with zero attached hydrogens (tertiary/aromatic N) is 1. The number of aliphatic hydroxyl groups is 1. The van der Waals surface area contributed by atoms with E-state index in [1.807, 2.05) is 13.8 Å². The minimum Gasteiger partial charge on any atom is -0.481 e. The van der Waals surface area contributed by atoms with Gasteiger partial charge in [0.2, 0.25) is 0 Å². The highest BCUT2D eigenvalue weighted by molar-refractivity contribution is 5.73. The van der Waals surface area contributed by atoms with Crippen LogP contribution in [0.15, 0.2) is 0 Å². The van der Waals surface area contributed by atoms with Crippen LogP contribution in [0.3, 0.4) is 0 Å². The number of ether oxygens (including phenoxy) is 4. The van der Waals surface area contributed by atoms with Gasteiger partial charge in [0.05, 0.1) is 54.6 Å². The van der Waals surface area contributed by atoms with Gasteiger partial charge in [-0.15, -0.1) is 0 Å². The first kappa shape index (κ1) is 38.2. The van der Waals surface area contributed by atoms with Gasteiger partial charge in [-0.25, -0.2) is 0 Å². The molecule has 9 nitrogen and oxygen atoms in total. The third-order valence-corrected chi connectivity index (χ3v) is 11.3. The predicted octanol–water partition coefficient (Wildman–Crippen LogP) is 6.09. The van der Waals surface area contributed by atoms with Crippen molar-refractivity contribution < 1.29 is 38.7 Å². The van der Waals surface area contributed by atoms with E-state index < -0.39 is 23.9 Å². The summed E-state index contributed by atoms with van der Waals surface area (Å²) < 4.78 is 25.2. The van der Waals surface area contributed by atoms with E-state index in [9.17, 15) is 19.8 Å². The summed E-state index contributed by atoms with van der Waals surface area (Å²) >= 11 is 0. The van der Waals surface area contributed by atoms with Gasteiger partial charge >= 0.3 is 11.9 Å². The zero-order chi connectivity index (χ0) is 33.4. The van der Waals surface area contributed by atoms with Crippen LogP contribution in [0.2, 0.25) is 0 Å². The SMILES string of the molecule is CCC[C@H](C[C@@H]1CC[C@H]([C@@H](C)[C@H](O)[C@H](C)[C@@H]2CC[C@H]([C@@H](C)C(=O)O[C@@H](CCC)[C@H](C)[C@@H]3CC[C@H]([C@@H](C)C(=O)O)O3)O2)O1)N(C)C. The lowest BCUT2D eigenvalue weighted by Gasteiger charge is -2.33. The average Bonchev–Trinajstić information content (AvgIpc) is 3.79. The van der Waals surface area contributed by atoms with Crippen molar-refractivity contribution in [1.29, 1.82) is 0 Å². The highest BCUT2D eigenvalue weighted by Gasteiger charge is 2.43. The minimum absolute atomic E-state index is 0.00574. The summed E-state index contributed by atoms with van der Waals surface area (Å²) in [6.45, 7) is 14.1. The molecule has 0 saturated carbocycles. The van der Waals surface area contributed by atoms with Crippen molar-refractivity contribution in [3.05, 3.63) is 0 Å². The fourth-order valence-corrected chi connectivity index (χ4v) is 7.84. The summed E-state index contributed by atoms with van der Waals surface area (Å²) in [7, 11) is 4.29. The Morgan fingerprint density at radius 1 is 0.733 bits per heavy atom. The van der Waals surface area contributed by atoms with Gasteiger partial charge in [-0.3, -0.25) is 9.59 Å². The third-order valence-electron chi connectivity index (χ3n) is 11.3. The molecule has 0 aromatic rings. The number of carboxylic acid groups (broad SMARTS) is 1. The molecule has 0 amide bonds. The van der Waals surface area contributed by atoms with Gasteiger partial charge < -0.3 is 34.1 Å². The summed E-state index contributed by atoms with van der Waals surface area (Å²) in [4.78, 5) is 27.1. The average molecular weight is 640 g/mol. The molecular formula is C36H65NO8. The zero-order valence-corrected chi connectivity index (χ0v) is 29.7. The number of rotatable bonds is 18. The smallest absolute Gasteiger partial charge is 0.311 e. The standard InChI is InChI=1S/C36H65NO8/c1-10-12-26(37(8)9)20-27-14-15-30(42-27)22(4)34(38)23(5)31-17-19-33(44-31)25(7)36(41)45-28(13-11-2)21(3)29-16-18-32(43-29)24(6)35(39)40/h21-34,38H,10-20H2,1-9H3,(H,39,40)/t21-,22+,23+,24+,25+,26+,27-,28-,29-,30+,31-,32+,33+,34-/m0/s1. The Morgan fingerprint density at radius 3 is 1.76 bits per heavy atom. The van der Waals surface area contributed by atoms with Crippen LogP contribution >= 0.6 is 0 Å². The van der Waals surface area contributed by atoms with Crippen molar-refractivity contribution in [3.63, 3.8) is 0 Å². The van der Waals surface area contributed by atoms with Gasteiger partial charge in [0.25, 0.3) is 0 Å². The molecule has 3 fully saturated rings. The lowest BCUT2D eigenvalue weighted by atomic mass is 9.84. The number of hydrogen-bond donors (Lipinski definition) is 2. The van der Waals surface area contributed by atoms with Gasteiger partial charge in [0.1, 0.15) is 6.10 Å². The Morgan fingerprint density at radius 2 is 1.22 bits per heavy atom. The first-order valence-corrected chi connectivity index (χ1v) is 18.0. The van der Waals surface area contributed by atoms with Crippen molar-refractivity contribution >= 4 is 11.9 Å². The molecule has 0 aliphatic carbocycles. The van der Waals surface area contributed by atoms with Crippen LogP contribution in [0.1, 0.15) is 119 Å². The molecule has 3 aliphatic heterocycles. The molecule has 0 spiro atoms. The first-order valence-electron chi connectivity index (χ1n) is 18.0. The van der Waals surface area contributed by atoms with Crippen LogP contribution in [0.4, 0.5) is 0 Å². The second-order valence-electron chi connectivity index (χ2n) is 14.8. The normalized spacial score (nSPS) is 32.5. The fraction of sp³-hybridized carbons (Fsp3) is 0.944. The lowest BCUT2D eigenvalue weighted by Crippen LogP contribution is -2.40. The van der Waals surface area contributed by atoms with Crippen molar-refractivity contribution in [1.82, 2.24) is 4.90 Å². The summed E-state index contributed by atoms with van der Waals surface area (Å²) in [6.07, 6.45) is 8.66. The van der Waals surface area contributed by atoms with Crippen LogP contribution in [0.25, 0.3) is 0 Å². The Kier molecular flexibility index (Phi) is 15.1. The number of aliphatic carboxylic acids is 1. The second-order valence-corrected chi connectivity index (χ2v) is 14.8. The number of carbonyl (C=O) groups is 2. The van der Waals surface area contributed by atoms with Crippen LogP contribution in [0.5, 0.6) is 0 Å². The number of carbonyl (C=O) groups excluding carboxylic acids is 1. The van der Waals surface area contributed by atoms with Crippen LogP contribution in [0, 0.1) is 29.6 Å². The van der Waals surface area contributed by atoms with Gasteiger partial charge in [0.15, 0.2) is 0 Å². The molecule has 45 heavy (non-hydrogen) atoms. The molecule has 3 aliphatic rings. The van der Waals surface area contributed by atoms with Crippen LogP contribution in [-0.2, 0) is 28.5 Å². The Labute approximate surface area is 273 Å². The summed E-state index contributed by atoms with van der Waals surface area (Å²) in [6, 6.07) is 0.520. The molecule has 3 rings (SSSR count). The second kappa shape index (κ2) is 17.8. The molecule has 3 heterocycles. The lowest BCUT2D eigenvalue weighted by molar-refractivity contribution is -0.166. The Bertz CT molecular complexity index is 915. The topological polar surface area (TPSA) is 115 Å². The molecule has 262 valence electrons. The maximum Gasteiger partial charge on any atom is 0.311 e.